The lowest BCUT2D eigenvalue weighted by atomic mass is 10.0. The molecule has 0 saturated carbocycles. The Morgan fingerprint density at radius 1 is 0.818 bits per heavy atom. The van der Waals surface area contributed by atoms with Crippen molar-refractivity contribution >= 4 is 0 Å². The minimum atomic E-state index is 0.533. The number of rotatable bonds is 3. The van der Waals surface area contributed by atoms with E-state index < -0.39 is 0 Å². The van der Waals surface area contributed by atoms with Crippen LogP contribution in [0.3, 0.4) is 0 Å². The van der Waals surface area contributed by atoms with E-state index in [1.807, 2.05) is 63.2 Å². The predicted octanol–water partition coefficient (Wildman–Crippen LogP) is 5.85. The van der Waals surface area contributed by atoms with Crippen LogP contribution in [0.15, 0.2) is 48.5 Å². The van der Waals surface area contributed by atoms with E-state index in [0.29, 0.717) is 5.92 Å². The van der Waals surface area contributed by atoms with Crippen LogP contribution in [0.2, 0.25) is 0 Å². The maximum atomic E-state index is 5.21. The molecule has 0 aliphatic carbocycles. The summed E-state index contributed by atoms with van der Waals surface area (Å²) in [5.41, 5.74) is 2.50. The summed E-state index contributed by atoms with van der Waals surface area (Å²) < 4.78 is 10.2. The Morgan fingerprint density at radius 2 is 1.45 bits per heavy atom. The van der Waals surface area contributed by atoms with Crippen molar-refractivity contribution in [2.75, 3.05) is 14.2 Å². The highest BCUT2D eigenvalue weighted by molar-refractivity contribution is 5.35. The molecule has 0 aliphatic rings. The Balaban J connectivity index is 0.000000366. The molecule has 2 rings (SSSR count). The molecule has 0 spiro atoms. The highest BCUT2D eigenvalue weighted by atomic mass is 16.5. The topological polar surface area (TPSA) is 18.5 Å². The van der Waals surface area contributed by atoms with Crippen LogP contribution in [0.5, 0.6) is 11.5 Å². The van der Waals surface area contributed by atoms with Crippen molar-refractivity contribution in [1.82, 2.24) is 0 Å². The van der Waals surface area contributed by atoms with Gasteiger partial charge < -0.3 is 9.47 Å². The number of aryl methyl sites for hydroxylation is 1. The smallest absolute Gasteiger partial charge is 0.122 e. The summed E-state index contributed by atoms with van der Waals surface area (Å²) in [6, 6.07) is 16.1. The van der Waals surface area contributed by atoms with E-state index >= 15 is 0 Å². The first-order valence-corrected chi connectivity index (χ1v) is 7.82. The van der Waals surface area contributed by atoms with Gasteiger partial charge in [0.2, 0.25) is 0 Å². The quantitative estimate of drug-likeness (QED) is 0.708. The second-order valence-corrected chi connectivity index (χ2v) is 4.92. The van der Waals surface area contributed by atoms with Gasteiger partial charge in [-0.3, -0.25) is 0 Å². The Kier molecular flexibility index (Phi) is 10.6. The van der Waals surface area contributed by atoms with Crippen LogP contribution >= 0.6 is 0 Å². The minimum Gasteiger partial charge on any atom is -0.497 e. The van der Waals surface area contributed by atoms with E-state index in [0.717, 1.165) is 11.5 Å². The second kappa shape index (κ2) is 11.7. The molecular weight excluding hydrogens is 272 g/mol. The van der Waals surface area contributed by atoms with Crippen LogP contribution in [-0.4, -0.2) is 14.2 Å². The number of para-hydroxylation sites is 1. The first-order chi connectivity index (χ1) is 10.6. The molecule has 0 bridgehead atoms. The van der Waals surface area contributed by atoms with Gasteiger partial charge in [-0.25, -0.2) is 0 Å². The summed E-state index contributed by atoms with van der Waals surface area (Å²) in [6.07, 6.45) is 0. The van der Waals surface area contributed by atoms with Gasteiger partial charge in [-0.2, -0.15) is 0 Å². The van der Waals surface area contributed by atoms with E-state index in [4.69, 9.17) is 9.47 Å². The lowest BCUT2D eigenvalue weighted by Gasteiger charge is -2.10. The molecule has 2 heteroatoms. The molecule has 0 heterocycles. The molecule has 2 aromatic carbocycles. The third-order valence-corrected chi connectivity index (χ3v) is 2.99. The van der Waals surface area contributed by atoms with Gasteiger partial charge in [-0.15, -0.1) is 0 Å². The van der Waals surface area contributed by atoms with E-state index in [2.05, 4.69) is 19.9 Å². The van der Waals surface area contributed by atoms with Gasteiger partial charge in [0.1, 0.15) is 11.5 Å². The number of hydrogen-bond donors (Lipinski definition) is 0. The molecule has 0 aliphatic heterocycles. The summed E-state index contributed by atoms with van der Waals surface area (Å²) in [7, 11) is 3.38. The van der Waals surface area contributed by atoms with Crippen LogP contribution in [0.25, 0.3) is 0 Å². The van der Waals surface area contributed by atoms with E-state index in [9.17, 15) is 0 Å². The van der Waals surface area contributed by atoms with Gasteiger partial charge in [0.25, 0.3) is 0 Å². The fourth-order valence-electron chi connectivity index (χ4n) is 1.89. The monoisotopic (exact) mass is 302 g/mol. The average Bonchev–Trinajstić information content (AvgIpc) is 2.57. The SMILES string of the molecule is CC.COc1cccc(C)c1.COc1ccccc1C(C)C. The van der Waals surface area contributed by atoms with Crippen LogP contribution < -0.4 is 9.47 Å². The highest BCUT2D eigenvalue weighted by Crippen LogP contribution is 2.24. The summed E-state index contributed by atoms with van der Waals surface area (Å²) >= 11 is 0. The largest absolute Gasteiger partial charge is 0.497 e. The van der Waals surface area contributed by atoms with Gasteiger partial charge in [-0.1, -0.05) is 58.0 Å². The zero-order valence-electron chi connectivity index (χ0n) is 15.0. The first-order valence-electron chi connectivity index (χ1n) is 7.82. The van der Waals surface area contributed by atoms with Gasteiger partial charge in [-0.05, 0) is 42.2 Å². The van der Waals surface area contributed by atoms with E-state index in [1.165, 1.54) is 11.1 Å². The van der Waals surface area contributed by atoms with Gasteiger partial charge >= 0.3 is 0 Å². The number of ether oxygens (including phenoxy) is 2. The van der Waals surface area contributed by atoms with E-state index in [1.54, 1.807) is 14.2 Å². The van der Waals surface area contributed by atoms with Gasteiger partial charge in [0, 0.05) is 0 Å². The molecule has 0 saturated heterocycles. The minimum absolute atomic E-state index is 0.533. The molecule has 0 aromatic heterocycles. The number of hydrogen-bond acceptors (Lipinski definition) is 2. The maximum Gasteiger partial charge on any atom is 0.122 e. The molecule has 0 amide bonds. The zero-order chi connectivity index (χ0) is 17.0. The molecule has 0 fully saturated rings. The van der Waals surface area contributed by atoms with Crippen LogP contribution in [0, 0.1) is 6.92 Å². The van der Waals surface area contributed by atoms with Crippen molar-refractivity contribution in [3.05, 3.63) is 59.7 Å². The first kappa shape index (κ1) is 20.0. The number of benzene rings is 2. The third-order valence-electron chi connectivity index (χ3n) is 2.99. The zero-order valence-corrected chi connectivity index (χ0v) is 15.0. The summed E-state index contributed by atoms with van der Waals surface area (Å²) in [5.74, 6) is 2.45. The fourth-order valence-corrected chi connectivity index (χ4v) is 1.89. The predicted molar refractivity (Wildman–Crippen MR) is 96.2 cm³/mol. The lowest BCUT2D eigenvalue weighted by Crippen LogP contribution is -1.92. The summed E-state index contributed by atoms with van der Waals surface area (Å²) in [6.45, 7) is 10.4. The van der Waals surface area contributed by atoms with Crippen molar-refractivity contribution in [2.45, 2.75) is 40.5 Å². The Bertz CT molecular complexity index is 519. The van der Waals surface area contributed by atoms with Gasteiger partial charge in [0.05, 0.1) is 14.2 Å². The fraction of sp³-hybridized carbons (Fsp3) is 0.400. The van der Waals surface area contributed by atoms with Crippen molar-refractivity contribution in [2.24, 2.45) is 0 Å². The molecule has 2 aromatic rings. The summed E-state index contributed by atoms with van der Waals surface area (Å²) in [4.78, 5) is 0. The Labute approximate surface area is 136 Å². The molecule has 122 valence electrons. The van der Waals surface area contributed by atoms with Crippen molar-refractivity contribution < 1.29 is 9.47 Å². The van der Waals surface area contributed by atoms with E-state index in [-0.39, 0.29) is 0 Å². The van der Waals surface area contributed by atoms with Gasteiger partial charge in [0.15, 0.2) is 0 Å². The average molecular weight is 302 g/mol. The highest BCUT2D eigenvalue weighted by Gasteiger charge is 2.03. The maximum absolute atomic E-state index is 5.21. The molecule has 0 unspecified atom stereocenters. The molecule has 2 nitrogen and oxygen atoms in total. The van der Waals surface area contributed by atoms with Crippen LogP contribution in [-0.2, 0) is 0 Å². The second-order valence-electron chi connectivity index (χ2n) is 4.92. The molecule has 22 heavy (non-hydrogen) atoms. The third kappa shape index (κ3) is 7.16. The van der Waals surface area contributed by atoms with Crippen LogP contribution in [0.4, 0.5) is 0 Å². The van der Waals surface area contributed by atoms with Crippen LogP contribution in [0.1, 0.15) is 44.7 Å². The summed E-state index contributed by atoms with van der Waals surface area (Å²) in [5, 5.41) is 0. The Hall–Kier alpha value is -1.96. The van der Waals surface area contributed by atoms with Crippen molar-refractivity contribution in [3.63, 3.8) is 0 Å². The molecule has 0 N–H and O–H groups in total. The lowest BCUT2D eigenvalue weighted by molar-refractivity contribution is 0.407. The molecule has 0 atom stereocenters. The van der Waals surface area contributed by atoms with Crippen molar-refractivity contribution in [1.29, 1.82) is 0 Å². The molecule has 0 radical (unpaired) electrons. The number of methoxy groups -OCH3 is 2. The normalized spacial score (nSPS) is 9.09. The Morgan fingerprint density at radius 3 is 1.86 bits per heavy atom. The standard InChI is InChI=1S/C10H14O.C8H10O.C2H6/c1-8(2)9-6-4-5-7-10(9)11-3;1-7-4-3-5-8(6-7)9-2;1-2/h4-8H,1-3H3;3-6H,1-2H3;1-2H3. The van der Waals surface area contributed by atoms with Crippen molar-refractivity contribution in [3.8, 4) is 11.5 Å². The molecular formula is C20H30O2.